The maximum Gasteiger partial charge on any atom is 0.266 e. The third-order valence-corrected chi connectivity index (χ3v) is 3.81. The van der Waals surface area contributed by atoms with E-state index in [1.807, 2.05) is 19.9 Å². The fraction of sp³-hybridized carbons (Fsp3) is 0.412. The highest BCUT2D eigenvalue weighted by molar-refractivity contribution is 5.97. The number of nitrogens with one attached hydrogen (secondary N) is 1. The number of fused-ring (bicyclic) bond motifs is 1. The van der Waals surface area contributed by atoms with Crippen LogP contribution in [-0.4, -0.2) is 42.9 Å². The van der Waals surface area contributed by atoms with Gasteiger partial charge in [0.15, 0.2) is 11.5 Å². The van der Waals surface area contributed by atoms with E-state index in [4.69, 9.17) is 14.2 Å². The molecule has 3 rings (SSSR count). The monoisotopic (exact) mass is 329 g/mol. The zero-order valence-electron chi connectivity index (χ0n) is 13.6. The van der Waals surface area contributed by atoms with Crippen LogP contribution in [0, 0.1) is 11.3 Å². The summed E-state index contributed by atoms with van der Waals surface area (Å²) in [6, 6.07) is 7.29. The van der Waals surface area contributed by atoms with Crippen molar-refractivity contribution >= 4 is 11.6 Å². The number of hydrogen-bond donors (Lipinski definition) is 1. The Morgan fingerprint density at radius 2 is 2.00 bits per heavy atom. The summed E-state index contributed by atoms with van der Waals surface area (Å²) < 4.78 is 16.2. The first kappa shape index (κ1) is 16.1. The van der Waals surface area contributed by atoms with Gasteiger partial charge in [0, 0.05) is 31.0 Å². The number of hydrogen-bond acceptors (Lipinski definition) is 6. The van der Waals surface area contributed by atoms with E-state index in [1.165, 1.54) is 6.20 Å². The Labute approximate surface area is 140 Å². The quantitative estimate of drug-likeness (QED) is 0.673. The van der Waals surface area contributed by atoms with Gasteiger partial charge in [-0.25, -0.2) is 0 Å². The molecule has 0 bridgehead atoms. The van der Waals surface area contributed by atoms with Crippen LogP contribution in [0.2, 0.25) is 0 Å². The summed E-state index contributed by atoms with van der Waals surface area (Å²) in [5.74, 6) is 1.01. The number of nitriles is 1. The molecule has 1 aromatic rings. The molecule has 7 nitrogen and oxygen atoms in total. The van der Waals surface area contributed by atoms with Gasteiger partial charge in [-0.3, -0.25) is 4.79 Å². The van der Waals surface area contributed by atoms with Gasteiger partial charge < -0.3 is 24.4 Å². The SMILES string of the molecule is CC1CN(C(=O)/C(C#N)=C\Nc2ccc3c(c2)OCO3)CC(C)O1. The maximum atomic E-state index is 12.5. The van der Waals surface area contributed by atoms with Gasteiger partial charge in [-0.15, -0.1) is 0 Å². The van der Waals surface area contributed by atoms with E-state index in [0.29, 0.717) is 30.3 Å². The second kappa shape index (κ2) is 6.81. The minimum Gasteiger partial charge on any atom is -0.454 e. The maximum absolute atomic E-state index is 12.5. The van der Waals surface area contributed by atoms with E-state index >= 15 is 0 Å². The zero-order chi connectivity index (χ0) is 17.1. The van der Waals surface area contributed by atoms with Crippen molar-refractivity contribution in [2.75, 3.05) is 25.2 Å². The van der Waals surface area contributed by atoms with Crippen molar-refractivity contribution in [1.29, 1.82) is 5.26 Å². The lowest BCUT2D eigenvalue weighted by Crippen LogP contribution is -2.48. The number of morpholine rings is 1. The summed E-state index contributed by atoms with van der Waals surface area (Å²) in [5, 5.41) is 12.3. The molecule has 0 aromatic heterocycles. The first-order chi connectivity index (χ1) is 11.6. The van der Waals surface area contributed by atoms with Crippen LogP contribution in [-0.2, 0) is 9.53 Å². The lowest BCUT2D eigenvalue weighted by molar-refractivity contribution is -0.138. The fourth-order valence-electron chi connectivity index (χ4n) is 2.80. The average molecular weight is 329 g/mol. The summed E-state index contributed by atoms with van der Waals surface area (Å²) in [7, 11) is 0. The molecule has 2 atom stereocenters. The molecule has 1 saturated heterocycles. The van der Waals surface area contributed by atoms with Crippen molar-refractivity contribution < 1.29 is 19.0 Å². The second-order valence-electron chi connectivity index (χ2n) is 5.85. The Morgan fingerprint density at radius 1 is 1.29 bits per heavy atom. The molecule has 126 valence electrons. The largest absolute Gasteiger partial charge is 0.454 e. The molecule has 1 fully saturated rings. The predicted molar refractivity (Wildman–Crippen MR) is 86.5 cm³/mol. The van der Waals surface area contributed by atoms with E-state index < -0.39 is 0 Å². The Balaban J connectivity index is 1.70. The number of amides is 1. The van der Waals surface area contributed by atoms with Gasteiger partial charge in [0.05, 0.1) is 12.2 Å². The highest BCUT2D eigenvalue weighted by atomic mass is 16.7. The van der Waals surface area contributed by atoms with Crippen LogP contribution in [0.3, 0.4) is 0 Å². The molecule has 0 spiro atoms. The molecule has 2 unspecified atom stereocenters. The summed E-state index contributed by atoms with van der Waals surface area (Å²) in [6.07, 6.45) is 1.34. The van der Waals surface area contributed by atoms with Gasteiger partial charge in [-0.2, -0.15) is 5.26 Å². The predicted octanol–water partition coefficient (Wildman–Crippen LogP) is 1.87. The van der Waals surface area contributed by atoms with Gasteiger partial charge in [-0.1, -0.05) is 0 Å². The Kier molecular flexibility index (Phi) is 4.58. The third-order valence-electron chi connectivity index (χ3n) is 3.81. The van der Waals surface area contributed by atoms with Crippen LogP contribution in [0.15, 0.2) is 30.0 Å². The van der Waals surface area contributed by atoms with Crippen LogP contribution >= 0.6 is 0 Å². The van der Waals surface area contributed by atoms with Crippen molar-refractivity contribution in [1.82, 2.24) is 4.90 Å². The van der Waals surface area contributed by atoms with Crippen LogP contribution < -0.4 is 14.8 Å². The van der Waals surface area contributed by atoms with Crippen LogP contribution in [0.1, 0.15) is 13.8 Å². The molecule has 1 N–H and O–H groups in total. The summed E-state index contributed by atoms with van der Waals surface area (Å²) in [6.45, 7) is 4.98. The van der Waals surface area contributed by atoms with Gasteiger partial charge in [0.2, 0.25) is 6.79 Å². The van der Waals surface area contributed by atoms with E-state index in [2.05, 4.69) is 5.32 Å². The molecule has 24 heavy (non-hydrogen) atoms. The number of carbonyl (C=O) groups excluding carboxylic acids is 1. The molecule has 2 aliphatic rings. The van der Waals surface area contributed by atoms with Crippen molar-refractivity contribution in [2.24, 2.45) is 0 Å². The Hall–Kier alpha value is -2.72. The highest BCUT2D eigenvalue weighted by Crippen LogP contribution is 2.34. The molecule has 1 amide bonds. The first-order valence-corrected chi connectivity index (χ1v) is 7.78. The number of anilines is 1. The highest BCUT2D eigenvalue weighted by Gasteiger charge is 2.27. The smallest absolute Gasteiger partial charge is 0.266 e. The minimum atomic E-state index is -0.298. The topological polar surface area (TPSA) is 83.8 Å². The molecule has 2 heterocycles. The normalized spacial score (nSPS) is 22.9. The van der Waals surface area contributed by atoms with Crippen molar-refractivity contribution in [3.63, 3.8) is 0 Å². The van der Waals surface area contributed by atoms with E-state index in [9.17, 15) is 10.1 Å². The molecule has 7 heteroatoms. The van der Waals surface area contributed by atoms with Gasteiger partial charge >= 0.3 is 0 Å². The average Bonchev–Trinajstić information content (AvgIpc) is 3.02. The van der Waals surface area contributed by atoms with Crippen LogP contribution in [0.5, 0.6) is 11.5 Å². The molecule has 0 radical (unpaired) electrons. The van der Waals surface area contributed by atoms with Gasteiger partial charge in [0.25, 0.3) is 5.91 Å². The molecule has 2 aliphatic heterocycles. The molecular weight excluding hydrogens is 310 g/mol. The Bertz CT molecular complexity index is 700. The van der Waals surface area contributed by atoms with Crippen molar-refractivity contribution in [2.45, 2.75) is 26.1 Å². The summed E-state index contributed by atoms with van der Waals surface area (Å²) >= 11 is 0. The fourth-order valence-corrected chi connectivity index (χ4v) is 2.80. The van der Waals surface area contributed by atoms with Crippen molar-refractivity contribution in [3.8, 4) is 17.6 Å². The number of nitrogens with zero attached hydrogens (tertiary/aromatic N) is 2. The third kappa shape index (κ3) is 3.44. The van der Waals surface area contributed by atoms with E-state index in [0.717, 1.165) is 0 Å². The molecule has 1 aromatic carbocycles. The van der Waals surface area contributed by atoms with E-state index in [-0.39, 0.29) is 30.5 Å². The first-order valence-electron chi connectivity index (χ1n) is 7.78. The molecule has 0 saturated carbocycles. The number of benzene rings is 1. The summed E-state index contributed by atoms with van der Waals surface area (Å²) in [4.78, 5) is 14.2. The van der Waals surface area contributed by atoms with Crippen LogP contribution in [0.4, 0.5) is 5.69 Å². The lowest BCUT2D eigenvalue weighted by atomic mass is 10.2. The molecular formula is C17H19N3O4. The zero-order valence-corrected chi connectivity index (χ0v) is 13.6. The second-order valence-corrected chi connectivity index (χ2v) is 5.85. The van der Waals surface area contributed by atoms with Crippen LogP contribution in [0.25, 0.3) is 0 Å². The minimum absolute atomic E-state index is 0.0422. The lowest BCUT2D eigenvalue weighted by Gasteiger charge is -2.35. The number of rotatable bonds is 3. The van der Waals surface area contributed by atoms with Crippen molar-refractivity contribution in [3.05, 3.63) is 30.0 Å². The summed E-state index contributed by atoms with van der Waals surface area (Å²) in [5.41, 5.74) is 0.762. The number of ether oxygens (including phenoxy) is 3. The van der Waals surface area contributed by atoms with Gasteiger partial charge in [0.1, 0.15) is 11.6 Å². The number of carbonyl (C=O) groups is 1. The van der Waals surface area contributed by atoms with Gasteiger partial charge in [-0.05, 0) is 26.0 Å². The standard InChI is InChI=1S/C17H19N3O4/c1-11-8-20(9-12(2)24-11)17(21)13(6-18)7-19-14-3-4-15-16(5-14)23-10-22-15/h3-5,7,11-12,19H,8-10H2,1-2H3/b13-7-. The van der Waals surface area contributed by atoms with E-state index in [1.54, 1.807) is 23.1 Å². The Morgan fingerprint density at radius 3 is 2.71 bits per heavy atom. The molecule has 0 aliphatic carbocycles.